The van der Waals surface area contributed by atoms with Gasteiger partial charge in [0.2, 0.25) is 11.8 Å². The average molecular weight is 209 g/mol. The van der Waals surface area contributed by atoms with Crippen LogP contribution in [0.15, 0.2) is 4.42 Å². The van der Waals surface area contributed by atoms with Gasteiger partial charge in [-0.25, -0.2) is 0 Å². The van der Waals surface area contributed by atoms with Gasteiger partial charge in [0, 0.05) is 13.5 Å². The largest absolute Gasteiger partial charge is 0.424 e. The first-order chi connectivity index (χ1) is 7.18. The maximum absolute atomic E-state index is 5.30. The summed E-state index contributed by atoms with van der Waals surface area (Å²) in [7, 11) is 0. The van der Waals surface area contributed by atoms with E-state index in [0.29, 0.717) is 23.7 Å². The average Bonchev–Trinajstić information content (AvgIpc) is 2.76. The van der Waals surface area contributed by atoms with Crippen LogP contribution < -0.4 is 5.32 Å². The molecule has 0 aliphatic heterocycles. The van der Waals surface area contributed by atoms with Crippen LogP contribution in [0, 0.1) is 12.3 Å². The Balaban J connectivity index is 1.75. The third-order valence-electron chi connectivity index (χ3n) is 3.21. The molecule has 0 bridgehead atoms. The Morgan fingerprint density at radius 2 is 2.07 bits per heavy atom. The molecule has 1 aliphatic carbocycles. The number of hydrogen-bond donors (Lipinski definition) is 1. The monoisotopic (exact) mass is 209 g/mol. The summed E-state index contributed by atoms with van der Waals surface area (Å²) in [6.45, 7) is 5.91. The number of rotatable bonds is 4. The smallest absolute Gasteiger partial charge is 0.230 e. The third-order valence-corrected chi connectivity index (χ3v) is 3.21. The van der Waals surface area contributed by atoms with Gasteiger partial charge in [-0.3, -0.25) is 0 Å². The minimum absolute atomic E-state index is 0.481. The SMILES string of the molecule is Cc1nnc(CNCC2(C)CCCC2)o1. The van der Waals surface area contributed by atoms with Gasteiger partial charge >= 0.3 is 0 Å². The van der Waals surface area contributed by atoms with E-state index in [1.165, 1.54) is 25.7 Å². The number of nitrogens with zero attached hydrogens (tertiary/aromatic N) is 2. The molecule has 0 amide bonds. The van der Waals surface area contributed by atoms with Gasteiger partial charge in [-0.15, -0.1) is 10.2 Å². The maximum Gasteiger partial charge on any atom is 0.230 e. The van der Waals surface area contributed by atoms with Crippen LogP contribution in [0.25, 0.3) is 0 Å². The van der Waals surface area contributed by atoms with Crippen LogP contribution in [0.4, 0.5) is 0 Å². The second-order valence-electron chi connectivity index (χ2n) is 4.84. The number of aryl methyl sites for hydroxylation is 1. The second-order valence-corrected chi connectivity index (χ2v) is 4.84. The van der Waals surface area contributed by atoms with Gasteiger partial charge in [0.1, 0.15) is 0 Å². The zero-order chi connectivity index (χ0) is 10.7. The highest BCUT2D eigenvalue weighted by Gasteiger charge is 2.27. The van der Waals surface area contributed by atoms with E-state index in [-0.39, 0.29) is 0 Å². The highest BCUT2D eigenvalue weighted by atomic mass is 16.4. The van der Waals surface area contributed by atoms with Crippen molar-refractivity contribution in [3.05, 3.63) is 11.8 Å². The van der Waals surface area contributed by atoms with Gasteiger partial charge in [0.25, 0.3) is 0 Å². The van der Waals surface area contributed by atoms with Gasteiger partial charge in [-0.1, -0.05) is 19.8 Å². The molecular formula is C11H19N3O. The first-order valence-corrected chi connectivity index (χ1v) is 5.68. The first kappa shape index (κ1) is 10.6. The van der Waals surface area contributed by atoms with E-state index < -0.39 is 0 Å². The normalized spacial score (nSPS) is 19.6. The lowest BCUT2D eigenvalue weighted by Crippen LogP contribution is -2.29. The summed E-state index contributed by atoms with van der Waals surface area (Å²) in [5.74, 6) is 1.33. The molecule has 0 aromatic carbocycles. The zero-order valence-electron chi connectivity index (χ0n) is 9.55. The summed E-state index contributed by atoms with van der Waals surface area (Å²) < 4.78 is 5.30. The zero-order valence-corrected chi connectivity index (χ0v) is 9.55. The van der Waals surface area contributed by atoms with Crippen LogP contribution >= 0.6 is 0 Å². The molecule has 0 atom stereocenters. The van der Waals surface area contributed by atoms with Gasteiger partial charge in [0.05, 0.1) is 6.54 Å². The fourth-order valence-electron chi connectivity index (χ4n) is 2.29. The topological polar surface area (TPSA) is 51.0 Å². The Morgan fingerprint density at radius 1 is 1.33 bits per heavy atom. The van der Waals surface area contributed by atoms with Gasteiger partial charge in [0.15, 0.2) is 0 Å². The van der Waals surface area contributed by atoms with Crippen molar-refractivity contribution in [1.29, 1.82) is 0 Å². The summed E-state index contributed by atoms with van der Waals surface area (Å²) in [5, 5.41) is 11.2. The molecule has 1 N–H and O–H groups in total. The molecule has 1 aromatic rings. The van der Waals surface area contributed by atoms with Crippen LogP contribution in [0.3, 0.4) is 0 Å². The van der Waals surface area contributed by atoms with Crippen LogP contribution in [-0.4, -0.2) is 16.7 Å². The molecule has 1 aromatic heterocycles. The molecule has 1 saturated carbocycles. The third kappa shape index (κ3) is 2.78. The van der Waals surface area contributed by atoms with E-state index in [2.05, 4.69) is 22.4 Å². The van der Waals surface area contributed by atoms with Crippen LogP contribution in [0.1, 0.15) is 44.4 Å². The summed E-state index contributed by atoms with van der Waals surface area (Å²) in [5.41, 5.74) is 0.481. The molecule has 1 fully saturated rings. The second kappa shape index (κ2) is 4.31. The fraction of sp³-hybridized carbons (Fsp3) is 0.818. The molecule has 0 spiro atoms. The Bertz CT molecular complexity index is 315. The van der Waals surface area contributed by atoms with Gasteiger partial charge in [-0.05, 0) is 18.3 Å². The van der Waals surface area contributed by atoms with Crippen LogP contribution in [-0.2, 0) is 6.54 Å². The van der Waals surface area contributed by atoms with Crippen LogP contribution in [0.2, 0.25) is 0 Å². The minimum atomic E-state index is 0.481. The highest BCUT2D eigenvalue weighted by Crippen LogP contribution is 2.36. The summed E-state index contributed by atoms with van der Waals surface area (Å²) in [4.78, 5) is 0. The lowest BCUT2D eigenvalue weighted by atomic mass is 9.89. The van der Waals surface area contributed by atoms with Crippen LogP contribution in [0.5, 0.6) is 0 Å². The molecule has 1 heterocycles. The Hall–Kier alpha value is -0.900. The van der Waals surface area contributed by atoms with Crippen molar-refractivity contribution in [3.63, 3.8) is 0 Å². The molecule has 4 heteroatoms. The van der Waals surface area contributed by atoms with E-state index in [1.807, 2.05) is 6.92 Å². The van der Waals surface area contributed by atoms with Crippen molar-refractivity contribution >= 4 is 0 Å². The lowest BCUT2D eigenvalue weighted by molar-refractivity contribution is 0.306. The van der Waals surface area contributed by atoms with Crippen molar-refractivity contribution in [1.82, 2.24) is 15.5 Å². The highest BCUT2D eigenvalue weighted by molar-refractivity contribution is 4.84. The predicted octanol–water partition coefficient (Wildman–Crippen LogP) is 2.05. The van der Waals surface area contributed by atoms with E-state index in [0.717, 1.165) is 6.54 Å². The van der Waals surface area contributed by atoms with Crippen molar-refractivity contribution in [2.24, 2.45) is 5.41 Å². The summed E-state index contributed by atoms with van der Waals surface area (Å²) >= 11 is 0. The predicted molar refractivity (Wildman–Crippen MR) is 57.3 cm³/mol. The lowest BCUT2D eigenvalue weighted by Gasteiger charge is -2.23. The van der Waals surface area contributed by atoms with Gasteiger partial charge < -0.3 is 9.73 Å². The van der Waals surface area contributed by atoms with E-state index in [4.69, 9.17) is 4.42 Å². The first-order valence-electron chi connectivity index (χ1n) is 5.68. The van der Waals surface area contributed by atoms with Crippen molar-refractivity contribution in [2.75, 3.05) is 6.54 Å². The Labute approximate surface area is 90.5 Å². The molecule has 0 saturated heterocycles. The molecule has 84 valence electrons. The van der Waals surface area contributed by atoms with Gasteiger partial charge in [-0.2, -0.15) is 0 Å². The molecule has 0 unspecified atom stereocenters. The summed E-state index contributed by atoms with van der Waals surface area (Å²) in [6, 6.07) is 0. The minimum Gasteiger partial charge on any atom is -0.424 e. The quantitative estimate of drug-likeness (QED) is 0.824. The number of hydrogen-bond acceptors (Lipinski definition) is 4. The number of nitrogens with one attached hydrogen (secondary N) is 1. The maximum atomic E-state index is 5.30. The van der Waals surface area contributed by atoms with Crippen molar-refractivity contribution in [3.8, 4) is 0 Å². The van der Waals surface area contributed by atoms with E-state index in [9.17, 15) is 0 Å². The van der Waals surface area contributed by atoms with E-state index >= 15 is 0 Å². The Morgan fingerprint density at radius 3 is 2.67 bits per heavy atom. The molecular weight excluding hydrogens is 190 g/mol. The molecule has 4 nitrogen and oxygen atoms in total. The summed E-state index contributed by atoms with van der Waals surface area (Å²) in [6.07, 6.45) is 5.42. The Kier molecular flexibility index (Phi) is 3.05. The molecule has 15 heavy (non-hydrogen) atoms. The van der Waals surface area contributed by atoms with Crippen molar-refractivity contribution in [2.45, 2.75) is 46.1 Å². The molecule has 1 aliphatic rings. The molecule has 2 rings (SSSR count). The standard InChI is InChI=1S/C11H19N3O/c1-9-13-14-10(15-9)7-12-8-11(2)5-3-4-6-11/h12H,3-8H2,1-2H3. The van der Waals surface area contributed by atoms with E-state index in [1.54, 1.807) is 0 Å². The van der Waals surface area contributed by atoms with Crippen molar-refractivity contribution < 1.29 is 4.42 Å². The fourth-order valence-corrected chi connectivity index (χ4v) is 2.29. The molecule has 0 radical (unpaired) electrons. The number of aromatic nitrogens is 2.